The number of nitrogens with zero attached hydrogens (tertiary/aromatic N) is 2. The highest BCUT2D eigenvalue weighted by Gasteiger charge is 2.36. The number of carbonyl (C=O) groups is 2. The van der Waals surface area contributed by atoms with Crippen LogP contribution in [0.4, 0.5) is 4.39 Å². The lowest BCUT2D eigenvalue weighted by molar-refractivity contribution is -0.135. The fourth-order valence-electron chi connectivity index (χ4n) is 3.54. The van der Waals surface area contributed by atoms with Gasteiger partial charge in [-0.25, -0.2) is 17.6 Å². The summed E-state index contributed by atoms with van der Waals surface area (Å²) in [4.78, 5) is 25.5. The SMILES string of the molecule is COC(=O)c1cc(F)ccc1S(=O)(=O)N1CCCC(N2CCNCC2=O)C1. The fourth-order valence-corrected chi connectivity index (χ4v) is 5.21. The minimum absolute atomic E-state index is 0.0532. The van der Waals surface area contributed by atoms with Gasteiger partial charge in [-0.1, -0.05) is 0 Å². The van der Waals surface area contributed by atoms with Crippen LogP contribution in [0.5, 0.6) is 0 Å². The highest BCUT2D eigenvalue weighted by molar-refractivity contribution is 7.89. The molecule has 1 aromatic rings. The molecule has 0 aromatic heterocycles. The molecule has 2 heterocycles. The number of benzene rings is 1. The lowest BCUT2D eigenvalue weighted by Crippen LogP contribution is -2.57. The largest absolute Gasteiger partial charge is 0.465 e. The summed E-state index contributed by atoms with van der Waals surface area (Å²) in [6, 6.07) is 2.72. The Morgan fingerprint density at radius 3 is 2.81 bits per heavy atom. The molecule has 0 saturated carbocycles. The number of hydrogen-bond acceptors (Lipinski definition) is 6. The Labute approximate surface area is 157 Å². The molecule has 27 heavy (non-hydrogen) atoms. The molecule has 0 spiro atoms. The van der Waals surface area contributed by atoms with Gasteiger partial charge in [-0.15, -0.1) is 0 Å². The van der Waals surface area contributed by atoms with Crippen molar-refractivity contribution in [3.8, 4) is 0 Å². The Kier molecular flexibility index (Phi) is 5.78. The van der Waals surface area contributed by atoms with Crippen LogP contribution in [-0.4, -0.2) is 75.4 Å². The van der Waals surface area contributed by atoms with E-state index in [1.165, 1.54) is 4.31 Å². The average molecular weight is 399 g/mol. The number of carbonyl (C=O) groups excluding carboxylic acids is 2. The third-order valence-corrected chi connectivity index (χ3v) is 6.81. The second kappa shape index (κ2) is 7.91. The van der Waals surface area contributed by atoms with E-state index in [4.69, 9.17) is 0 Å². The molecule has 8 nitrogen and oxygen atoms in total. The van der Waals surface area contributed by atoms with E-state index in [0.29, 0.717) is 25.9 Å². The van der Waals surface area contributed by atoms with Gasteiger partial charge in [0.25, 0.3) is 0 Å². The molecule has 2 saturated heterocycles. The summed E-state index contributed by atoms with van der Waals surface area (Å²) in [7, 11) is -2.93. The summed E-state index contributed by atoms with van der Waals surface area (Å²) in [5.74, 6) is -1.70. The molecule has 2 fully saturated rings. The molecule has 1 unspecified atom stereocenters. The van der Waals surface area contributed by atoms with E-state index >= 15 is 0 Å². The van der Waals surface area contributed by atoms with Crippen molar-refractivity contribution < 1.29 is 27.1 Å². The molecule has 0 aliphatic carbocycles. The number of ether oxygens (including phenoxy) is 1. The Morgan fingerprint density at radius 1 is 1.33 bits per heavy atom. The number of methoxy groups -OCH3 is 1. The van der Waals surface area contributed by atoms with Crippen molar-refractivity contribution in [3.63, 3.8) is 0 Å². The van der Waals surface area contributed by atoms with Crippen molar-refractivity contribution in [2.24, 2.45) is 0 Å². The first kappa shape index (κ1) is 19.7. The van der Waals surface area contributed by atoms with Gasteiger partial charge in [0.2, 0.25) is 15.9 Å². The van der Waals surface area contributed by atoms with Crippen LogP contribution in [-0.2, 0) is 19.6 Å². The van der Waals surface area contributed by atoms with Gasteiger partial charge in [0.15, 0.2) is 0 Å². The Morgan fingerprint density at radius 2 is 2.11 bits per heavy atom. The second-order valence-corrected chi connectivity index (χ2v) is 8.46. The van der Waals surface area contributed by atoms with Gasteiger partial charge in [-0.05, 0) is 31.0 Å². The van der Waals surface area contributed by atoms with Gasteiger partial charge in [0, 0.05) is 32.2 Å². The summed E-state index contributed by atoms with van der Waals surface area (Å²) in [6.07, 6.45) is 1.31. The lowest BCUT2D eigenvalue weighted by atomic mass is 10.1. The van der Waals surface area contributed by atoms with Crippen molar-refractivity contribution >= 4 is 21.9 Å². The summed E-state index contributed by atoms with van der Waals surface area (Å²) in [5, 5.41) is 2.99. The molecule has 3 rings (SSSR count). The van der Waals surface area contributed by atoms with E-state index < -0.39 is 21.8 Å². The van der Waals surface area contributed by atoms with E-state index in [1.807, 2.05) is 0 Å². The Hall–Kier alpha value is -2.04. The number of esters is 1. The smallest absolute Gasteiger partial charge is 0.339 e. The zero-order valence-corrected chi connectivity index (χ0v) is 15.8. The van der Waals surface area contributed by atoms with E-state index in [-0.39, 0.29) is 42.0 Å². The van der Waals surface area contributed by atoms with Crippen molar-refractivity contribution in [2.45, 2.75) is 23.8 Å². The zero-order valence-electron chi connectivity index (χ0n) is 15.0. The molecule has 1 amide bonds. The van der Waals surface area contributed by atoms with Crippen LogP contribution in [0.1, 0.15) is 23.2 Å². The standard InChI is InChI=1S/C17H22FN3O5S/c1-26-17(23)14-9-12(18)4-5-15(14)27(24,25)20-7-2-3-13(11-20)21-8-6-19-10-16(21)22/h4-5,9,13,19H,2-3,6-8,10-11H2,1H3. The van der Waals surface area contributed by atoms with Crippen molar-refractivity contribution in [1.82, 2.24) is 14.5 Å². The van der Waals surface area contributed by atoms with Gasteiger partial charge >= 0.3 is 5.97 Å². The first-order valence-electron chi connectivity index (χ1n) is 8.73. The fraction of sp³-hybridized carbons (Fsp3) is 0.529. The summed E-state index contributed by atoms with van der Waals surface area (Å²) in [6.45, 7) is 1.86. The van der Waals surface area contributed by atoms with Crippen LogP contribution >= 0.6 is 0 Å². The van der Waals surface area contributed by atoms with Crippen LogP contribution in [0, 0.1) is 5.82 Å². The molecule has 10 heteroatoms. The first-order chi connectivity index (χ1) is 12.8. The predicted molar refractivity (Wildman–Crippen MR) is 94.1 cm³/mol. The number of nitrogens with one attached hydrogen (secondary N) is 1. The van der Waals surface area contributed by atoms with Crippen LogP contribution in [0.25, 0.3) is 0 Å². The predicted octanol–water partition coefficient (Wildman–Crippen LogP) is 0.197. The molecule has 1 aromatic carbocycles. The van der Waals surface area contributed by atoms with E-state index in [1.54, 1.807) is 4.90 Å². The Balaban J connectivity index is 1.89. The number of rotatable bonds is 4. The average Bonchev–Trinajstić information content (AvgIpc) is 2.67. The molecule has 1 atom stereocenters. The third kappa shape index (κ3) is 3.97. The zero-order chi connectivity index (χ0) is 19.6. The summed E-state index contributed by atoms with van der Waals surface area (Å²) >= 11 is 0. The molecule has 1 N–H and O–H groups in total. The minimum atomic E-state index is -4.04. The van der Waals surface area contributed by atoms with E-state index in [2.05, 4.69) is 10.1 Å². The van der Waals surface area contributed by atoms with Crippen molar-refractivity contribution in [3.05, 3.63) is 29.6 Å². The van der Waals surface area contributed by atoms with Gasteiger partial charge in [0.05, 0.1) is 24.1 Å². The van der Waals surface area contributed by atoms with Gasteiger partial charge < -0.3 is 15.0 Å². The van der Waals surface area contributed by atoms with E-state index in [9.17, 15) is 22.4 Å². The number of piperazine rings is 1. The first-order valence-corrected chi connectivity index (χ1v) is 10.2. The normalized spacial score (nSPS) is 21.9. The van der Waals surface area contributed by atoms with Crippen LogP contribution < -0.4 is 5.32 Å². The number of halogens is 1. The third-order valence-electron chi connectivity index (χ3n) is 4.89. The van der Waals surface area contributed by atoms with Gasteiger partial charge in [0.1, 0.15) is 5.82 Å². The molecule has 148 valence electrons. The molecule has 0 bridgehead atoms. The van der Waals surface area contributed by atoms with Crippen LogP contribution in [0.15, 0.2) is 23.1 Å². The van der Waals surface area contributed by atoms with Crippen molar-refractivity contribution in [2.75, 3.05) is 39.8 Å². The molecular formula is C17H22FN3O5S. The van der Waals surface area contributed by atoms with Crippen LogP contribution in [0.2, 0.25) is 0 Å². The summed E-state index contributed by atoms with van der Waals surface area (Å²) < 4.78 is 45.7. The minimum Gasteiger partial charge on any atom is -0.465 e. The lowest BCUT2D eigenvalue weighted by Gasteiger charge is -2.40. The van der Waals surface area contributed by atoms with Crippen molar-refractivity contribution in [1.29, 1.82) is 0 Å². The highest BCUT2D eigenvalue weighted by atomic mass is 32.2. The number of hydrogen-bond donors (Lipinski definition) is 1. The maximum Gasteiger partial charge on any atom is 0.339 e. The Bertz CT molecular complexity index is 845. The number of piperidine rings is 1. The molecular weight excluding hydrogens is 377 g/mol. The van der Waals surface area contributed by atoms with Gasteiger partial charge in [-0.3, -0.25) is 4.79 Å². The quantitative estimate of drug-likeness (QED) is 0.727. The topological polar surface area (TPSA) is 96.0 Å². The molecule has 0 radical (unpaired) electrons. The highest BCUT2D eigenvalue weighted by Crippen LogP contribution is 2.26. The monoisotopic (exact) mass is 399 g/mol. The number of amides is 1. The maximum absolute atomic E-state index is 13.6. The number of sulfonamides is 1. The van der Waals surface area contributed by atoms with Crippen LogP contribution in [0.3, 0.4) is 0 Å². The molecule has 2 aliphatic heterocycles. The summed E-state index contributed by atoms with van der Waals surface area (Å²) in [5.41, 5.74) is -0.335. The van der Waals surface area contributed by atoms with Gasteiger partial charge in [-0.2, -0.15) is 4.31 Å². The second-order valence-electron chi connectivity index (χ2n) is 6.56. The maximum atomic E-state index is 13.6. The molecule has 2 aliphatic rings. The van der Waals surface area contributed by atoms with E-state index in [0.717, 1.165) is 25.3 Å².